The van der Waals surface area contributed by atoms with Gasteiger partial charge in [0.1, 0.15) is 5.82 Å². The van der Waals surface area contributed by atoms with E-state index in [0.29, 0.717) is 22.7 Å². The predicted molar refractivity (Wildman–Crippen MR) is 90.6 cm³/mol. The smallest absolute Gasteiger partial charge is 0.264 e. The lowest BCUT2D eigenvalue weighted by Gasteiger charge is -2.12. The van der Waals surface area contributed by atoms with E-state index in [2.05, 4.69) is 30.1 Å². The number of hydrogen-bond donors (Lipinski definition) is 1. The Labute approximate surface area is 135 Å². The summed E-state index contributed by atoms with van der Waals surface area (Å²) in [5.74, 6) is -0.189. The molecule has 0 aromatic heterocycles. The molecular weight excluding hydrogens is 289 g/mol. The van der Waals surface area contributed by atoms with Gasteiger partial charge in [0.15, 0.2) is 0 Å². The van der Waals surface area contributed by atoms with Crippen LogP contribution in [0.15, 0.2) is 60.3 Å². The van der Waals surface area contributed by atoms with Gasteiger partial charge >= 0.3 is 0 Å². The molecule has 1 aliphatic rings. The summed E-state index contributed by atoms with van der Waals surface area (Å²) in [5, 5.41) is 2.73. The first-order valence-corrected chi connectivity index (χ1v) is 7.80. The Bertz CT molecular complexity index is 789. The van der Waals surface area contributed by atoms with E-state index >= 15 is 0 Å². The Morgan fingerprint density at radius 3 is 2.74 bits per heavy atom. The lowest BCUT2D eigenvalue weighted by molar-refractivity contribution is -0.110. The molecule has 1 aliphatic heterocycles. The fourth-order valence-corrected chi connectivity index (χ4v) is 2.85. The van der Waals surface area contributed by atoms with Crippen molar-refractivity contribution in [3.05, 3.63) is 77.3 Å². The van der Waals surface area contributed by atoms with Crippen molar-refractivity contribution in [2.75, 3.05) is 5.32 Å². The summed E-state index contributed by atoms with van der Waals surface area (Å²) in [6.45, 7) is 2.14. The number of hydrogen-bond acceptors (Lipinski definition) is 1. The van der Waals surface area contributed by atoms with E-state index in [4.69, 9.17) is 0 Å². The van der Waals surface area contributed by atoms with Gasteiger partial charge in [0.25, 0.3) is 5.91 Å². The number of nitrogens with one attached hydrogen (secondary N) is 1. The molecule has 2 aromatic carbocycles. The molecule has 23 heavy (non-hydrogen) atoms. The zero-order chi connectivity index (χ0) is 16.2. The minimum atomic E-state index is -0.352. The number of carbonyl (C=O) groups excluding carboxylic acids is 1. The second kappa shape index (κ2) is 6.64. The van der Waals surface area contributed by atoms with E-state index in [-0.39, 0.29) is 11.7 Å². The molecule has 0 saturated carbocycles. The molecule has 0 fully saturated rings. The van der Waals surface area contributed by atoms with Gasteiger partial charge in [0.2, 0.25) is 0 Å². The molecular formula is C20H18FNO. The van der Waals surface area contributed by atoms with Crippen LogP contribution in [0.2, 0.25) is 0 Å². The number of rotatable bonds is 4. The van der Waals surface area contributed by atoms with Gasteiger partial charge in [-0.1, -0.05) is 37.3 Å². The number of benzene rings is 2. The van der Waals surface area contributed by atoms with E-state index in [9.17, 15) is 9.18 Å². The maximum atomic E-state index is 13.4. The maximum Gasteiger partial charge on any atom is 0.264 e. The number of anilines is 1. The molecule has 2 nitrogen and oxygen atoms in total. The number of fused-ring (bicyclic) bond motifs is 1. The largest absolute Gasteiger partial charge is 0.321 e. The fourth-order valence-electron chi connectivity index (χ4n) is 2.85. The maximum absolute atomic E-state index is 13.4. The van der Waals surface area contributed by atoms with Crippen molar-refractivity contribution in [1.82, 2.24) is 0 Å². The molecule has 2 aromatic rings. The zero-order valence-corrected chi connectivity index (χ0v) is 13.0. The molecule has 1 amide bonds. The molecule has 3 heteroatoms. The Balaban J connectivity index is 1.85. The third-order valence-electron chi connectivity index (χ3n) is 4.14. The van der Waals surface area contributed by atoms with E-state index in [1.165, 1.54) is 17.7 Å². The Kier molecular flexibility index (Phi) is 4.40. The van der Waals surface area contributed by atoms with Crippen LogP contribution in [0, 0.1) is 5.82 Å². The molecule has 1 heterocycles. The first-order valence-electron chi connectivity index (χ1n) is 7.80. The van der Waals surface area contributed by atoms with E-state index in [1.807, 2.05) is 24.3 Å². The fraction of sp³-hybridized carbons (Fsp3) is 0.200. The van der Waals surface area contributed by atoms with Crippen LogP contribution in [0.5, 0.6) is 0 Å². The summed E-state index contributed by atoms with van der Waals surface area (Å²) >= 11 is 0. The molecule has 0 bridgehead atoms. The normalized spacial score (nSPS) is 14.0. The van der Waals surface area contributed by atoms with E-state index in [1.54, 1.807) is 6.07 Å². The summed E-state index contributed by atoms with van der Waals surface area (Å²) in [6.07, 6.45) is 3.69. The van der Waals surface area contributed by atoms with Gasteiger partial charge in [-0.2, -0.15) is 0 Å². The standard InChI is InChI=1S/C20H18FNO/c1-2-14(15-7-4-3-5-8-15)9-6-10-17-18-13-16(21)11-12-19(18)22-20(17)23/h3-8,11-14H,2,9H2,1H3,(H,22,23). The minimum Gasteiger partial charge on any atom is -0.321 e. The second-order valence-corrected chi connectivity index (χ2v) is 5.62. The first-order chi connectivity index (χ1) is 11.2. The van der Waals surface area contributed by atoms with Gasteiger partial charge in [-0.3, -0.25) is 4.79 Å². The molecule has 0 aliphatic carbocycles. The van der Waals surface area contributed by atoms with Gasteiger partial charge < -0.3 is 5.32 Å². The van der Waals surface area contributed by atoms with Crippen LogP contribution in [0.1, 0.15) is 36.8 Å². The molecule has 0 radical (unpaired) electrons. The summed E-state index contributed by atoms with van der Waals surface area (Å²) in [7, 11) is 0. The minimum absolute atomic E-state index is 0.227. The molecule has 3 rings (SSSR count). The summed E-state index contributed by atoms with van der Waals surface area (Å²) in [6, 6.07) is 14.6. The van der Waals surface area contributed by atoms with Crippen molar-refractivity contribution in [3.8, 4) is 0 Å². The average Bonchev–Trinajstić information content (AvgIpc) is 2.87. The van der Waals surface area contributed by atoms with Crippen LogP contribution in [-0.4, -0.2) is 5.91 Å². The Morgan fingerprint density at radius 1 is 1.22 bits per heavy atom. The zero-order valence-electron chi connectivity index (χ0n) is 13.0. The third-order valence-corrected chi connectivity index (χ3v) is 4.14. The number of amides is 1. The van der Waals surface area contributed by atoms with Gasteiger partial charge in [-0.25, -0.2) is 4.39 Å². The van der Waals surface area contributed by atoms with Crippen molar-refractivity contribution in [2.24, 2.45) is 0 Å². The van der Waals surface area contributed by atoms with Crippen molar-refractivity contribution in [3.63, 3.8) is 0 Å². The van der Waals surface area contributed by atoms with Crippen molar-refractivity contribution < 1.29 is 9.18 Å². The SMILES string of the molecule is CCC(CC=C=C1C(=O)Nc2ccc(F)cc21)c1ccccc1. The molecule has 116 valence electrons. The second-order valence-electron chi connectivity index (χ2n) is 5.62. The summed E-state index contributed by atoms with van der Waals surface area (Å²) < 4.78 is 13.4. The molecule has 0 saturated heterocycles. The molecule has 1 N–H and O–H groups in total. The van der Waals surface area contributed by atoms with Crippen molar-refractivity contribution >= 4 is 17.2 Å². The Hall–Kier alpha value is -2.64. The lowest BCUT2D eigenvalue weighted by atomic mass is 9.93. The van der Waals surface area contributed by atoms with Crippen LogP contribution in [-0.2, 0) is 4.79 Å². The van der Waals surface area contributed by atoms with Crippen molar-refractivity contribution in [2.45, 2.75) is 25.7 Å². The van der Waals surface area contributed by atoms with Crippen LogP contribution in [0.4, 0.5) is 10.1 Å². The van der Waals surface area contributed by atoms with Crippen LogP contribution in [0.3, 0.4) is 0 Å². The highest BCUT2D eigenvalue weighted by atomic mass is 19.1. The van der Waals surface area contributed by atoms with Crippen LogP contribution >= 0.6 is 0 Å². The van der Waals surface area contributed by atoms with Gasteiger partial charge in [0.05, 0.1) is 5.57 Å². The number of carbonyl (C=O) groups is 1. The van der Waals surface area contributed by atoms with Gasteiger partial charge in [-0.15, -0.1) is 5.73 Å². The topological polar surface area (TPSA) is 29.1 Å². The quantitative estimate of drug-likeness (QED) is 0.631. The molecule has 0 spiro atoms. The summed E-state index contributed by atoms with van der Waals surface area (Å²) in [4.78, 5) is 12.0. The highest BCUT2D eigenvalue weighted by molar-refractivity contribution is 6.31. The van der Waals surface area contributed by atoms with E-state index in [0.717, 1.165) is 12.8 Å². The predicted octanol–water partition coefficient (Wildman–Crippen LogP) is 4.90. The average molecular weight is 307 g/mol. The van der Waals surface area contributed by atoms with E-state index < -0.39 is 0 Å². The van der Waals surface area contributed by atoms with Gasteiger partial charge in [-0.05, 0) is 48.6 Å². The molecule has 1 atom stereocenters. The molecule has 1 unspecified atom stereocenters. The Morgan fingerprint density at radius 2 is 2.00 bits per heavy atom. The van der Waals surface area contributed by atoms with Crippen LogP contribution < -0.4 is 5.32 Å². The highest BCUT2D eigenvalue weighted by Crippen LogP contribution is 2.31. The van der Waals surface area contributed by atoms with Gasteiger partial charge in [0, 0.05) is 11.3 Å². The lowest BCUT2D eigenvalue weighted by Crippen LogP contribution is -2.02. The third kappa shape index (κ3) is 3.25. The first kappa shape index (κ1) is 15.3. The number of halogens is 1. The van der Waals surface area contributed by atoms with Crippen molar-refractivity contribution in [1.29, 1.82) is 0 Å². The summed E-state index contributed by atoms with van der Waals surface area (Å²) in [5.41, 5.74) is 5.97. The monoisotopic (exact) mass is 307 g/mol. The highest BCUT2D eigenvalue weighted by Gasteiger charge is 2.24. The van der Waals surface area contributed by atoms with Crippen LogP contribution in [0.25, 0.3) is 5.57 Å².